The van der Waals surface area contributed by atoms with E-state index in [1.54, 1.807) is 0 Å². The second-order valence-corrected chi connectivity index (χ2v) is 12.1. The van der Waals surface area contributed by atoms with Crippen molar-refractivity contribution in [1.82, 2.24) is 5.32 Å². The molecule has 2 aromatic carbocycles. The van der Waals surface area contributed by atoms with Gasteiger partial charge in [0.1, 0.15) is 0 Å². The molecular weight excluding hydrogens is 442 g/mol. The third-order valence-corrected chi connectivity index (χ3v) is 8.02. The van der Waals surface area contributed by atoms with Crippen LogP contribution in [0.25, 0.3) is 17.2 Å². The number of thioether (sulfide) groups is 1. The van der Waals surface area contributed by atoms with Crippen molar-refractivity contribution in [2.24, 2.45) is 0 Å². The lowest BCUT2D eigenvalue weighted by Gasteiger charge is -2.43. The Balaban J connectivity index is 2.06. The van der Waals surface area contributed by atoms with Crippen LogP contribution >= 0.6 is 11.8 Å². The highest BCUT2D eigenvalue weighted by Crippen LogP contribution is 2.50. The summed E-state index contributed by atoms with van der Waals surface area (Å²) in [6.07, 6.45) is 4.14. The smallest absolute Gasteiger partial charge is 0.290 e. The van der Waals surface area contributed by atoms with E-state index in [4.69, 9.17) is 0 Å². The number of nitrogens with one attached hydrogen (secondary N) is 1. The van der Waals surface area contributed by atoms with Gasteiger partial charge in [0.2, 0.25) is 0 Å². The van der Waals surface area contributed by atoms with Gasteiger partial charge in [-0.3, -0.25) is 14.9 Å². The van der Waals surface area contributed by atoms with Gasteiger partial charge >= 0.3 is 0 Å². The number of nitrogens with zero attached hydrogens (tertiary/aromatic N) is 2. The number of hydrogen-bond acceptors (Lipinski definition) is 5. The number of fused-ring (bicyclic) bond motifs is 1. The quantitative estimate of drug-likeness (QED) is 0.535. The Bertz CT molecular complexity index is 1210. The molecule has 1 saturated heterocycles. The van der Waals surface area contributed by atoms with Gasteiger partial charge in [-0.15, -0.1) is 0 Å². The molecule has 0 unspecified atom stereocenters. The summed E-state index contributed by atoms with van der Waals surface area (Å²) in [4.78, 5) is 28.8. The molecule has 1 heterocycles. The largest absolute Gasteiger partial charge is 0.377 e. The van der Waals surface area contributed by atoms with Gasteiger partial charge in [0.25, 0.3) is 11.1 Å². The molecule has 180 valence electrons. The molecule has 2 aliphatic rings. The summed E-state index contributed by atoms with van der Waals surface area (Å²) in [6, 6.07) is 10.9. The van der Waals surface area contributed by atoms with Crippen LogP contribution in [0.2, 0.25) is 0 Å². The molecule has 2 amide bonds. The first-order chi connectivity index (χ1) is 15.8. The van der Waals surface area contributed by atoms with Crippen LogP contribution < -0.4 is 15.1 Å². The van der Waals surface area contributed by atoms with Crippen LogP contribution in [-0.4, -0.2) is 39.3 Å². The van der Waals surface area contributed by atoms with Crippen molar-refractivity contribution >= 4 is 40.4 Å². The van der Waals surface area contributed by atoms with Gasteiger partial charge in [-0.1, -0.05) is 39.8 Å². The molecule has 1 N–H and O–H groups in total. The number of hydrogen-bond donors (Lipinski definition) is 1. The van der Waals surface area contributed by atoms with Crippen LogP contribution in [0.3, 0.4) is 0 Å². The van der Waals surface area contributed by atoms with Gasteiger partial charge in [-0.2, -0.15) is 0 Å². The number of anilines is 2. The highest BCUT2D eigenvalue weighted by molar-refractivity contribution is 8.18. The fraction of sp³-hybridized carbons (Fsp3) is 0.429. The van der Waals surface area contributed by atoms with Gasteiger partial charge in [0, 0.05) is 50.7 Å². The molecule has 0 radical (unpaired) electrons. The van der Waals surface area contributed by atoms with Crippen LogP contribution in [0, 0.1) is 0 Å². The number of carbonyl (C=O) groups is 2. The van der Waals surface area contributed by atoms with Crippen LogP contribution in [0.15, 0.2) is 35.2 Å². The Morgan fingerprint density at radius 3 is 2.00 bits per heavy atom. The van der Waals surface area contributed by atoms with E-state index in [1.165, 1.54) is 11.1 Å². The first-order valence-corrected chi connectivity index (χ1v) is 12.6. The number of amides is 2. The van der Waals surface area contributed by atoms with Crippen molar-refractivity contribution in [1.29, 1.82) is 0 Å². The summed E-state index contributed by atoms with van der Waals surface area (Å²) in [5.41, 5.74) is 8.34. The lowest BCUT2D eigenvalue weighted by molar-refractivity contribution is -0.115. The predicted molar refractivity (Wildman–Crippen MR) is 145 cm³/mol. The van der Waals surface area contributed by atoms with Gasteiger partial charge < -0.3 is 9.80 Å². The summed E-state index contributed by atoms with van der Waals surface area (Å²) in [6.45, 7) is 9.37. The topological polar surface area (TPSA) is 52.7 Å². The maximum Gasteiger partial charge on any atom is 0.290 e. The minimum absolute atomic E-state index is 0.0732. The molecule has 0 atom stereocenters. The molecule has 5 nitrogen and oxygen atoms in total. The van der Waals surface area contributed by atoms with E-state index < -0.39 is 0 Å². The van der Waals surface area contributed by atoms with E-state index in [2.05, 4.69) is 75.1 Å². The Hall–Kier alpha value is -2.73. The van der Waals surface area contributed by atoms with Gasteiger partial charge in [-0.25, -0.2) is 0 Å². The molecule has 1 fully saturated rings. The molecule has 0 spiro atoms. The molecule has 0 saturated carbocycles. The Morgan fingerprint density at radius 1 is 0.882 bits per heavy atom. The summed E-state index contributed by atoms with van der Waals surface area (Å²) in [5.74, 6) is -0.336. The fourth-order valence-electron chi connectivity index (χ4n) is 5.08. The SMILES string of the molecule is CN(C)c1cc2c(cc1-c1c(/C=C3/SC(=O)NC3=O)cccc1N(C)C)C(C)(C)CCC2(C)C. The van der Waals surface area contributed by atoms with Gasteiger partial charge in [-0.05, 0) is 76.4 Å². The van der Waals surface area contributed by atoms with E-state index >= 15 is 0 Å². The van der Waals surface area contributed by atoms with Crippen LogP contribution in [-0.2, 0) is 15.6 Å². The van der Waals surface area contributed by atoms with Crippen molar-refractivity contribution in [3.8, 4) is 11.1 Å². The number of imide groups is 1. The highest BCUT2D eigenvalue weighted by Gasteiger charge is 2.38. The molecular formula is C28H35N3O2S. The summed E-state index contributed by atoms with van der Waals surface area (Å²) >= 11 is 0.957. The Kier molecular flexibility index (Phi) is 6.09. The molecule has 2 aromatic rings. The van der Waals surface area contributed by atoms with Crippen molar-refractivity contribution < 1.29 is 9.59 Å². The fourth-order valence-corrected chi connectivity index (χ4v) is 5.75. The molecule has 1 aliphatic carbocycles. The lowest BCUT2D eigenvalue weighted by Crippen LogP contribution is -2.34. The summed E-state index contributed by atoms with van der Waals surface area (Å²) in [7, 11) is 8.25. The predicted octanol–water partition coefficient (Wildman–Crippen LogP) is 6.16. The van der Waals surface area contributed by atoms with Crippen LogP contribution in [0.5, 0.6) is 0 Å². The zero-order valence-corrected chi connectivity index (χ0v) is 22.3. The molecule has 0 bridgehead atoms. The van der Waals surface area contributed by atoms with Crippen molar-refractivity contribution in [2.45, 2.75) is 51.4 Å². The second kappa shape index (κ2) is 8.49. The zero-order chi connectivity index (χ0) is 25.0. The van der Waals surface area contributed by atoms with Gasteiger partial charge in [0.15, 0.2) is 0 Å². The standard InChI is InChI=1S/C28H35N3O2S/c1-27(2)12-13-28(3,4)20-16-22(31(7)8)18(15-19(20)27)24-17(10-9-11-21(24)30(5)6)14-23-25(32)29-26(33)34-23/h9-11,14-16H,12-13H2,1-8H3,(H,29,32,33)/b23-14+. The van der Waals surface area contributed by atoms with Crippen LogP contribution in [0.4, 0.5) is 16.2 Å². The summed E-state index contributed by atoms with van der Waals surface area (Å²) < 4.78 is 0. The normalized spacial score (nSPS) is 19.7. The van der Waals surface area contributed by atoms with E-state index in [0.717, 1.165) is 52.7 Å². The Labute approximate surface area is 207 Å². The maximum atomic E-state index is 12.3. The lowest BCUT2D eigenvalue weighted by atomic mass is 9.62. The van der Waals surface area contributed by atoms with Gasteiger partial charge in [0.05, 0.1) is 4.91 Å². The Morgan fingerprint density at radius 2 is 1.47 bits per heavy atom. The van der Waals surface area contributed by atoms with E-state index in [0.29, 0.717) is 4.91 Å². The third kappa shape index (κ3) is 4.24. The van der Waals surface area contributed by atoms with Crippen molar-refractivity contribution in [3.63, 3.8) is 0 Å². The second-order valence-electron chi connectivity index (χ2n) is 11.1. The minimum Gasteiger partial charge on any atom is -0.377 e. The minimum atomic E-state index is -0.336. The van der Waals surface area contributed by atoms with Crippen molar-refractivity contribution in [3.05, 3.63) is 51.9 Å². The number of carbonyl (C=O) groups excluding carboxylic acids is 2. The number of rotatable bonds is 4. The first-order valence-electron chi connectivity index (χ1n) is 11.7. The van der Waals surface area contributed by atoms with E-state index in [1.807, 2.05) is 32.3 Å². The average molecular weight is 478 g/mol. The van der Waals surface area contributed by atoms with Crippen molar-refractivity contribution in [2.75, 3.05) is 38.0 Å². The maximum absolute atomic E-state index is 12.3. The third-order valence-electron chi connectivity index (χ3n) is 7.21. The average Bonchev–Trinajstić information content (AvgIpc) is 3.07. The molecule has 1 aliphatic heterocycles. The summed E-state index contributed by atoms with van der Waals surface area (Å²) in [5, 5.41) is 2.05. The molecule has 0 aromatic heterocycles. The molecule has 6 heteroatoms. The monoisotopic (exact) mass is 477 g/mol. The highest BCUT2D eigenvalue weighted by atomic mass is 32.2. The molecule has 34 heavy (non-hydrogen) atoms. The molecule has 4 rings (SSSR count). The van der Waals surface area contributed by atoms with Crippen LogP contribution in [0.1, 0.15) is 57.2 Å². The van der Waals surface area contributed by atoms with E-state index in [9.17, 15) is 9.59 Å². The first kappa shape index (κ1) is 24.4. The van der Waals surface area contributed by atoms with E-state index in [-0.39, 0.29) is 22.0 Å². The number of benzene rings is 2. The zero-order valence-electron chi connectivity index (χ0n) is 21.5.